The monoisotopic (exact) mass is 544 g/mol. The third-order valence-electron chi connectivity index (χ3n) is 6.11. The zero-order valence-corrected chi connectivity index (χ0v) is 22.2. The fourth-order valence-corrected chi connectivity index (χ4v) is 5.85. The van der Waals surface area contributed by atoms with Crippen molar-refractivity contribution in [2.45, 2.75) is 81.6 Å². The highest BCUT2D eigenvalue weighted by Crippen LogP contribution is 2.28. The average molecular weight is 546 g/mol. The van der Waals surface area contributed by atoms with E-state index >= 15 is 0 Å². The normalized spacial score (nSPS) is 16.8. The zero-order chi connectivity index (χ0) is 24.6. The maximum absolute atomic E-state index is 13.2. The van der Waals surface area contributed by atoms with Gasteiger partial charge in [-0.25, -0.2) is 8.42 Å². The van der Waals surface area contributed by atoms with Crippen LogP contribution in [-0.4, -0.2) is 20.4 Å². The fourth-order valence-electron chi connectivity index (χ4n) is 4.21. The number of carbonyl (C=O) groups excluding carboxylic acids is 1. The van der Waals surface area contributed by atoms with E-state index in [-0.39, 0.29) is 38.1 Å². The minimum Gasteiger partial charge on any atom is -0.349 e. The van der Waals surface area contributed by atoms with Crippen LogP contribution in [0.4, 0.5) is 5.69 Å². The van der Waals surface area contributed by atoms with Gasteiger partial charge in [-0.3, -0.25) is 9.52 Å². The number of carbonyl (C=O) groups is 1. The molecule has 0 saturated heterocycles. The third kappa shape index (κ3) is 8.04. The molecule has 0 aromatic heterocycles. The molecule has 0 spiro atoms. The van der Waals surface area contributed by atoms with Gasteiger partial charge in [-0.1, -0.05) is 92.6 Å². The second-order valence-electron chi connectivity index (χ2n) is 8.80. The Morgan fingerprint density at radius 3 is 1.94 bits per heavy atom. The molecular formula is C25H31Cl3N2O3S. The molecule has 1 amide bonds. The summed E-state index contributed by atoms with van der Waals surface area (Å²) in [6, 6.07) is 8.61. The molecule has 0 bridgehead atoms. The highest BCUT2D eigenvalue weighted by atomic mass is 35.5. The van der Waals surface area contributed by atoms with Crippen molar-refractivity contribution in [2.24, 2.45) is 0 Å². The quantitative estimate of drug-likeness (QED) is 0.402. The summed E-state index contributed by atoms with van der Waals surface area (Å²) in [4.78, 5) is 13.2. The van der Waals surface area contributed by atoms with Gasteiger partial charge < -0.3 is 5.32 Å². The lowest BCUT2D eigenvalue weighted by Gasteiger charge is -2.21. The van der Waals surface area contributed by atoms with Crippen LogP contribution in [0.3, 0.4) is 0 Å². The SMILES string of the molecule is O=C(NC1CCCCCCCCCCC1)c1cc(Cl)ccc1NS(=O)(=O)c1ccc(Cl)c(Cl)c1. The summed E-state index contributed by atoms with van der Waals surface area (Å²) in [5.41, 5.74) is 0.336. The van der Waals surface area contributed by atoms with Gasteiger partial charge in [0.15, 0.2) is 0 Å². The number of amides is 1. The molecule has 0 radical (unpaired) electrons. The van der Waals surface area contributed by atoms with E-state index in [9.17, 15) is 13.2 Å². The lowest BCUT2D eigenvalue weighted by Crippen LogP contribution is -2.35. The topological polar surface area (TPSA) is 75.3 Å². The van der Waals surface area contributed by atoms with E-state index in [1.807, 2.05) is 0 Å². The molecule has 2 aromatic carbocycles. The number of rotatable bonds is 5. The Hall–Kier alpha value is -1.47. The van der Waals surface area contributed by atoms with Gasteiger partial charge in [0.1, 0.15) is 0 Å². The summed E-state index contributed by atoms with van der Waals surface area (Å²) >= 11 is 18.1. The summed E-state index contributed by atoms with van der Waals surface area (Å²) < 4.78 is 28.4. The van der Waals surface area contributed by atoms with Crippen molar-refractivity contribution in [3.63, 3.8) is 0 Å². The van der Waals surface area contributed by atoms with Crippen molar-refractivity contribution in [3.8, 4) is 0 Å². The van der Waals surface area contributed by atoms with Gasteiger partial charge in [-0.2, -0.15) is 0 Å². The number of halogens is 3. The minimum atomic E-state index is -4.00. The second-order valence-corrected chi connectivity index (χ2v) is 11.7. The number of hydrogen-bond donors (Lipinski definition) is 2. The van der Waals surface area contributed by atoms with Crippen LogP contribution in [0.2, 0.25) is 15.1 Å². The van der Waals surface area contributed by atoms with Gasteiger partial charge in [0.05, 0.1) is 26.2 Å². The third-order valence-corrected chi connectivity index (χ3v) is 8.45. The van der Waals surface area contributed by atoms with Gasteiger partial charge in [0.25, 0.3) is 15.9 Å². The Bertz CT molecular complexity index is 1080. The lowest BCUT2D eigenvalue weighted by molar-refractivity contribution is 0.0932. The van der Waals surface area contributed by atoms with Crippen molar-refractivity contribution >= 4 is 56.4 Å². The van der Waals surface area contributed by atoms with E-state index in [1.165, 1.54) is 62.4 Å². The maximum atomic E-state index is 13.2. The van der Waals surface area contributed by atoms with Gasteiger partial charge in [0, 0.05) is 11.1 Å². The molecule has 3 rings (SSSR count). The second kappa shape index (κ2) is 13.0. The minimum absolute atomic E-state index is 0.0467. The number of anilines is 1. The van der Waals surface area contributed by atoms with Gasteiger partial charge in [-0.05, 0) is 49.2 Å². The molecule has 34 heavy (non-hydrogen) atoms. The number of benzene rings is 2. The van der Waals surface area contributed by atoms with E-state index in [0.29, 0.717) is 5.02 Å². The van der Waals surface area contributed by atoms with Crippen LogP contribution in [-0.2, 0) is 10.0 Å². The standard InChI is InChI=1S/C25H31Cl3N2O3S/c26-18-12-15-24(30-34(32,33)20-13-14-22(27)23(28)17-20)21(16-18)25(31)29-19-10-8-6-4-2-1-3-5-7-9-11-19/h12-17,19,30H,1-11H2,(H,29,31). The molecule has 5 nitrogen and oxygen atoms in total. The molecular weight excluding hydrogens is 515 g/mol. The first-order valence-electron chi connectivity index (χ1n) is 11.8. The molecule has 1 aliphatic rings. The summed E-state index contributed by atoms with van der Waals surface area (Å²) in [7, 11) is -4.00. The molecule has 0 heterocycles. The van der Waals surface area contributed by atoms with Gasteiger partial charge in [0.2, 0.25) is 0 Å². The van der Waals surface area contributed by atoms with Gasteiger partial charge >= 0.3 is 0 Å². The van der Waals surface area contributed by atoms with E-state index in [4.69, 9.17) is 34.8 Å². The van der Waals surface area contributed by atoms with Crippen molar-refractivity contribution in [3.05, 3.63) is 57.0 Å². The van der Waals surface area contributed by atoms with Crippen LogP contribution < -0.4 is 10.0 Å². The molecule has 9 heteroatoms. The molecule has 0 unspecified atom stereocenters. The predicted octanol–water partition coefficient (Wildman–Crippen LogP) is 7.85. The van der Waals surface area contributed by atoms with E-state index in [2.05, 4.69) is 10.0 Å². The Labute approximate surface area is 217 Å². The number of hydrogen-bond acceptors (Lipinski definition) is 3. The first-order valence-corrected chi connectivity index (χ1v) is 14.5. The Morgan fingerprint density at radius 1 is 0.765 bits per heavy atom. The molecule has 0 atom stereocenters. The van der Waals surface area contributed by atoms with Crippen LogP contribution in [0, 0.1) is 0 Å². The van der Waals surface area contributed by atoms with Crippen molar-refractivity contribution in [1.82, 2.24) is 5.32 Å². The molecule has 0 aliphatic heterocycles. The highest BCUT2D eigenvalue weighted by Gasteiger charge is 2.22. The smallest absolute Gasteiger partial charge is 0.261 e. The number of sulfonamides is 1. The van der Waals surface area contributed by atoms with E-state index < -0.39 is 10.0 Å². The van der Waals surface area contributed by atoms with Crippen LogP contribution in [0.1, 0.15) is 81.0 Å². The van der Waals surface area contributed by atoms with Crippen LogP contribution in [0.5, 0.6) is 0 Å². The molecule has 1 aliphatic carbocycles. The molecule has 1 fully saturated rings. The first-order chi connectivity index (χ1) is 16.3. The van der Waals surface area contributed by atoms with E-state index in [1.54, 1.807) is 6.07 Å². The van der Waals surface area contributed by atoms with Gasteiger partial charge in [-0.15, -0.1) is 0 Å². The van der Waals surface area contributed by atoms with Crippen LogP contribution >= 0.6 is 34.8 Å². The molecule has 1 saturated carbocycles. The zero-order valence-electron chi connectivity index (χ0n) is 19.1. The fraction of sp³-hybridized carbons (Fsp3) is 0.480. The largest absolute Gasteiger partial charge is 0.349 e. The summed E-state index contributed by atoms with van der Waals surface area (Å²) in [6.07, 6.45) is 12.6. The molecule has 2 aromatic rings. The maximum Gasteiger partial charge on any atom is 0.261 e. The highest BCUT2D eigenvalue weighted by molar-refractivity contribution is 7.92. The van der Waals surface area contributed by atoms with Crippen molar-refractivity contribution in [2.75, 3.05) is 4.72 Å². The predicted molar refractivity (Wildman–Crippen MR) is 141 cm³/mol. The summed E-state index contributed by atoms with van der Waals surface area (Å²) in [6.45, 7) is 0. The lowest BCUT2D eigenvalue weighted by atomic mass is 9.97. The van der Waals surface area contributed by atoms with Crippen molar-refractivity contribution in [1.29, 1.82) is 0 Å². The summed E-state index contributed by atoms with van der Waals surface area (Å²) in [5, 5.41) is 3.85. The first kappa shape index (κ1) is 27.1. The Kier molecular flexibility index (Phi) is 10.4. The average Bonchev–Trinajstić information content (AvgIpc) is 2.78. The Morgan fingerprint density at radius 2 is 1.35 bits per heavy atom. The molecule has 186 valence electrons. The Balaban J connectivity index is 1.77. The van der Waals surface area contributed by atoms with Crippen molar-refractivity contribution < 1.29 is 13.2 Å². The molecule has 2 N–H and O–H groups in total. The van der Waals surface area contributed by atoms with E-state index in [0.717, 1.165) is 38.5 Å². The number of nitrogens with one attached hydrogen (secondary N) is 2. The van der Waals surface area contributed by atoms with Crippen LogP contribution in [0.25, 0.3) is 0 Å². The summed E-state index contributed by atoms with van der Waals surface area (Å²) in [5.74, 6) is -0.341. The van der Waals surface area contributed by atoms with Crippen LogP contribution in [0.15, 0.2) is 41.3 Å².